The number of hydrogen-bond acceptors (Lipinski definition) is 5. The Balaban J connectivity index is 2.03. The SMILES string of the molecule is CCN(C(=O)NC(C)c1ncn[nH]1)C1COCC1C(=O)O. The molecule has 9 nitrogen and oxygen atoms in total. The molecule has 3 unspecified atom stereocenters. The predicted molar refractivity (Wildman–Crippen MR) is 71.4 cm³/mol. The lowest BCUT2D eigenvalue weighted by molar-refractivity contribution is -0.142. The maximum absolute atomic E-state index is 12.3. The average Bonchev–Trinajstić information content (AvgIpc) is 3.10. The number of urea groups is 1. The van der Waals surface area contributed by atoms with Gasteiger partial charge in [0.15, 0.2) is 0 Å². The third-order valence-corrected chi connectivity index (χ3v) is 3.55. The third kappa shape index (κ3) is 3.30. The van der Waals surface area contributed by atoms with E-state index in [-0.39, 0.29) is 25.3 Å². The largest absolute Gasteiger partial charge is 0.481 e. The Morgan fingerprint density at radius 2 is 2.38 bits per heavy atom. The van der Waals surface area contributed by atoms with E-state index in [1.165, 1.54) is 11.2 Å². The highest BCUT2D eigenvalue weighted by Gasteiger charge is 2.39. The number of carbonyl (C=O) groups excluding carboxylic acids is 1. The van der Waals surface area contributed by atoms with Crippen LogP contribution in [0, 0.1) is 5.92 Å². The molecule has 2 rings (SSSR count). The number of amides is 2. The number of nitrogens with one attached hydrogen (secondary N) is 2. The monoisotopic (exact) mass is 297 g/mol. The number of carboxylic acids is 1. The number of aromatic nitrogens is 3. The molecule has 1 fully saturated rings. The van der Waals surface area contributed by atoms with E-state index in [2.05, 4.69) is 20.5 Å². The maximum Gasteiger partial charge on any atom is 0.318 e. The number of hydrogen-bond donors (Lipinski definition) is 3. The fourth-order valence-electron chi connectivity index (χ4n) is 2.37. The van der Waals surface area contributed by atoms with Crippen LogP contribution in [-0.4, -0.2) is 63.0 Å². The zero-order chi connectivity index (χ0) is 15.4. The minimum absolute atomic E-state index is 0.126. The lowest BCUT2D eigenvalue weighted by Crippen LogP contribution is -2.51. The predicted octanol–water partition coefficient (Wildman–Crippen LogP) is -0.00320. The molecular weight excluding hydrogens is 278 g/mol. The van der Waals surface area contributed by atoms with Gasteiger partial charge in [-0.2, -0.15) is 5.10 Å². The van der Waals surface area contributed by atoms with E-state index in [0.717, 1.165) is 0 Å². The van der Waals surface area contributed by atoms with Crippen molar-refractivity contribution >= 4 is 12.0 Å². The minimum Gasteiger partial charge on any atom is -0.481 e. The van der Waals surface area contributed by atoms with Gasteiger partial charge in [-0.3, -0.25) is 9.89 Å². The Bertz CT molecular complexity index is 492. The number of nitrogens with zero attached hydrogens (tertiary/aromatic N) is 3. The molecule has 0 bridgehead atoms. The zero-order valence-electron chi connectivity index (χ0n) is 11.9. The second-order valence-electron chi connectivity index (χ2n) is 4.88. The molecule has 1 aromatic rings. The summed E-state index contributed by atoms with van der Waals surface area (Å²) >= 11 is 0. The molecule has 9 heteroatoms. The van der Waals surface area contributed by atoms with E-state index in [1.807, 2.05) is 0 Å². The van der Waals surface area contributed by atoms with E-state index in [4.69, 9.17) is 4.74 Å². The number of likely N-dealkylation sites (N-methyl/N-ethyl adjacent to an activating group) is 1. The normalized spacial score (nSPS) is 22.8. The highest BCUT2D eigenvalue weighted by molar-refractivity contribution is 5.77. The molecular formula is C12H19N5O4. The van der Waals surface area contributed by atoms with Gasteiger partial charge in [0.1, 0.15) is 18.1 Å². The highest BCUT2D eigenvalue weighted by Crippen LogP contribution is 2.20. The van der Waals surface area contributed by atoms with E-state index in [0.29, 0.717) is 12.4 Å². The first kappa shape index (κ1) is 15.2. The molecule has 116 valence electrons. The quantitative estimate of drug-likeness (QED) is 0.703. The molecule has 0 aliphatic carbocycles. The molecule has 3 atom stereocenters. The molecule has 2 amide bonds. The van der Waals surface area contributed by atoms with Gasteiger partial charge in [-0.1, -0.05) is 0 Å². The van der Waals surface area contributed by atoms with E-state index in [9.17, 15) is 14.7 Å². The van der Waals surface area contributed by atoms with Crippen molar-refractivity contribution in [1.82, 2.24) is 25.4 Å². The topological polar surface area (TPSA) is 120 Å². The van der Waals surface area contributed by atoms with Crippen LogP contribution >= 0.6 is 0 Å². The molecule has 2 heterocycles. The van der Waals surface area contributed by atoms with Crippen LogP contribution in [0.4, 0.5) is 4.79 Å². The van der Waals surface area contributed by atoms with Crippen molar-refractivity contribution in [2.45, 2.75) is 25.9 Å². The van der Waals surface area contributed by atoms with Crippen molar-refractivity contribution in [3.63, 3.8) is 0 Å². The van der Waals surface area contributed by atoms with Crippen molar-refractivity contribution in [2.75, 3.05) is 19.8 Å². The summed E-state index contributed by atoms with van der Waals surface area (Å²) in [6, 6.07) is -1.16. The van der Waals surface area contributed by atoms with Crippen LogP contribution in [0.25, 0.3) is 0 Å². The first-order valence-electron chi connectivity index (χ1n) is 6.77. The average molecular weight is 297 g/mol. The van der Waals surface area contributed by atoms with Gasteiger partial charge in [0, 0.05) is 6.54 Å². The van der Waals surface area contributed by atoms with E-state index < -0.39 is 17.9 Å². The van der Waals surface area contributed by atoms with Gasteiger partial charge in [0.05, 0.1) is 25.3 Å². The molecule has 0 aromatic carbocycles. The van der Waals surface area contributed by atoms with Crippen molar-refractivity contribution in [1.29, 1.82) is 0 Å². The minimum atomic E-state index is -0.952. The summed E-state index contributed by atoms with van der Waals surface area (Å²) < 4.78 is 5.21. The maximum atomic E-state index is 12.3. The number of H-pyrrole nitrogens is 1. The van der Waals surface area contributed by atoms with Gasteiger partial charge < -0.3 is 20.1 Å². The summed E-state index contributed by atoms with van der Waals surface area (Å²) in [6.07, 6.45) is 1.36. The molecule has 1 aliphatic rings. The number of carbonyl (C=O) groups is 2. The summed E-state index contributed by atoms with van der Waals surface area (Å²) in [5, 5.41) is 18.4. The fourth-order valence-corrected chi connectivity index (χ4v) is 2.37. The van der Waals surface area contributed by atoms with Crippen LogP contribution in [0.5, 0.6) is 0 Å². The van der Waals surface area contributed by atoms with Gasteiger partial charge in [-0.05, 0) is 13.8 Å². The molecule has 1 aliphatic heterocycles. The zero-order valence-corrected chi connectivity index (χ0v) is 11.9. The molecule has 0 radical (unpaired) electrons. The number of aromatic amines is 1. The lowest BCUT2D eigenvalue weighted by atomic mass is 10.0. The first-order valence-corrected chi connectivity index (χ1v) is 6.77. The molecule has 1 saturated heterocycles. The lowest BCUT2D eigenvalue weighted by Gasteiger charge is -2.30. The van der Waals surface area contributed by atoms with E-state index >= 15 is 0 Å². The molecule has 21 heavy (non-hydrogen) atoms. The van der Waals surface area contributed by atoms with Gasteiger partial charge in [0.25, 0.3) is 0 Å². The van der Waals surface area contributed by atoms with Crippen molar-refractivity contribution < 1.29 is 19.4 Å². The van der Waals surface area contributed by atoms with Crippen molar-refractivity contribution in [2.24, 2.45) is 5.92 Å². The van der Waals surface area contributed by atoms with Gasteiger partial charge >= 0.3 is 12.0 Å². The van der Waals surface area contributed by atoms with Crippen molar-refractivity contribution in [3.05, 3.63) is 12.2 Å². The van der Waals surface area contributed by atoms with Crippen LogP contribution in [0.15, 0.2) is 6.33 Å². The molecule has 0 spiro atoms. The van der Waals surface area contributed by atoms with Crippen LogP contribution in [0.3, 0.4) is 0 Å². The summed E-state index contributed by atoms with van der Waals surface area (Å²) in [4.78, 5) is 29.0. The molecule has 3 N–H and O–H groups in total. The first-order chi connectivity index (χ1) is 10.0. The Kier molecular flexibility index (Phi) is 4.73. The summed E-state index contributed by atoms with van der Waals surface area (Å²) in [6.45, 7) is 4.32. The number of aliphatic carboxylic acids is 1. The van der Waals surface area contributed by atoms with Crippen LogP contribution in [0.2, 0.25) is 0 Å². The van der Waals surface area contributed by atoms with Gasteiger partial charge in [-0.15, -0.1) is 0 Å². The number of carboxylic acid groups (broad SMARTS) is 1. The van der Waals surface area contributed by atoms with Crippen LogP contribution < -0.4 is 5.32 Å². The summed E-state index contributed by atoms with van der Waals surface area (Å²) in [5.74, 6) is -1.11. The standard InChI is InChI=1S/C12H19N5O4/c1-3-17(9-5-21-4-8(9)11(18)19)12(20)15-7(2)10-13-6-14-16-10/h6-9H,3-5H2,1-2H3,(H,15,20)(H,18,19)(H,13,14,16). The Morgan fingerprint density at radius 3 is 2.95 bits per heavy atom. The number of ether oxygens (including phenoxy) is 1. The molecule has 0 saturated carbocycles. The van der Waals surface area contributed by atoms with Gasteiger partial charge in [-0.25, -0.2) is 9.78 Å². The highest BCUT2D eigenvalue weighted by atomic mass is 16.5. The third-order valence-electron chi connectivity index (χ3n) is 3.55. The second-order valence-corrected chi connectivity index (χ2v) is 4.88. The van der Waals surface area contributed by atoms with Crippen molar-refractivity contribution in [3.8, 4) is 0 Å². The fraction of sp³-hybridized carbons (Fsp3) is 0.667. The van der Waals surface area contributed by atoms with Crippen LogP contribution in [-0.2, 0) is 9.53 Å². The Morgan fingerprint density at radius 1 is 1.62 bits per heavy atom. The smallest absolute Gasteiger partial charge is 0.318 e. The number of rotatable bonds is 5. The Labute approximate surface area is 121 Å². The van der Waals surface area contributed by atoms with Crippen LogP contribution in [0.1, 0.15) is 25.7 Å². The second kappa shape index (κ2) is 6.53. The summed E-state index contributed by atoms with van der Waals surface area (Å²) in [5.41, 5.74) is 0. The Hall–Kier alpha value is -2.16. The summed E-state index contributed by atoms with van der Waals surface area (Å²) in [7, 11) is 0. The van der Waals surface area contributed by atoms with Gasteiger partial charge in [0.2, 0.25) is 0 Å². The molecule has 1 aromatic heterocycles. The van der Waals surface area contributed by atoms with E-state index in [1.54, 1.807) is 13.8 Å².